The molecule has 1 atom stereocenters. The van der Waals surface area contributed by atoms with Crippen LogP contribution in [0.15, 0.2) is 15.4 Å². The molecule has 0 aromatic carbocycles. The van der Waals surface area contributed by atoms with E-state index in [1.54, 1.807) is 5.51 Å². The Morgan fingerprint density at radius 2 is 2.32 bits per heavy atom. The van der Waals surface area contributed by atoms with Gasteiger partial charge in [-0.15, -0.1) is 11.3 Å². The molecule has 1 amide bonds. The van der Waals surface area contributed by atoms with E-state index in [0.717, 1.165) is 44.1 Å². The first-order valence-electron chi connectivity index (χ1n) is 7.79. The minimum atomic E-state index is 0.0549. The van der Waals surface area contributed by atoms with Gasteiger partial charge in [0.25, 0.3) is 5.91 Å². The number of aromatic nitrogens is 3. The summed E-state index contributed by atoms with van der Waals surface area (Å²) in [4.78, 5) is 22.7. The van der Waals surface area contributed by atoms with Crippen molar-refractivity contribution in [2.45, 2.75) is 38.0 Å². The molecular formula is C15H18N4O2S. The van der Waals surface area contributed by atoms with Gasteiger partial charge < -0.3 is 9.42 Å². The van der Waals surface area contributed by atoms with Crippen LogP contribution in [-0.2, 0) is 6.42 Å². The Balaban J connectivity index is 1.28. The molecule has 6 nitrogen and oxygen atoms in total. The fraction of sp³-hybridized carbons (Fsp3) is 0.600. The van der Waals surface area contributed by atoms with Gasteiger partial charge in [-0.05, 0) is 31.6 Å². The van der Waals surface area contributed by atoms with Crippen LogP contribution in [0.1, 0.15) is 53.8 Å². The van der Waals surface area contributed by atoms with Crippen molar-refractivity contribution in [1.82, 2.24) is 20.0 Å². The smallest absolute Gasteiger partial charge is 0.273 e. The number of hydrogen-bond donors (Lipinski definition) is 0. The summed E-state index contributed by atoms with van der Waals surface area (Å²) in [6.07, 6.45) is 5.24. The van der Waals surface area contributed by atoms with Crippen LogP contribution in [0.5, 0.6) is 0 Å². The zero-order valence-corrected chi connectivity index (χ0v) is 13.1. The monoisotopic (exact) mass is 318 g/mol. The van der Waals surface area contributed by atoms with Crippen LogP contribution in [0.4, 0.5) is 0 Å². The number of hydrogen-bond acceptors (Lipinski definition) is 6. The second-order valence-electron chi connectivity index (χ2n) is 6.14. The van der Waals surface area contributed by atoms with Gasteiger partial charge in [0.1, 0.15) is 5.69 Å². The first kappa shape index (κ1) is 13.9. The number of carbonyl (C=O) groups excluding carboxylic acids is 1. The molecule has 0 radical (unpaired) electrons. The highest BCUT2D eigenvalue weighted by Crippen LogP contribution is 2.38. The maximum absolute atomic E-state index is 12.2. The second-order valence-corrected chi connectivity index (χ2v) is 6.86. The molecular weight excluding hydrogens is 300 g/mol. The first-order valence-corrected chi connectivity index (χ1v) is 8.74. The highest BCUT2D eigenvalue weighted by atomic mass is 32.1. The zero-order valence-electron chi connectivity index (χ0n) is 12.3. The van der Waals surface area contributed by atoms with E-state index < -0.39 is 0 Å². The van der Waals surface area contributed by atoms with Crippen LogP contribution < -0.4 is 0 Å². The fourth-order valence-corrected chi connectivity index (χ4v) is 3.46. The van der Waals surface area contributed by atoms with Crippen molar-refractivity contribution >= 4 is 17.2 Å². The Bertz CT molecular complexity index is 650. The maximum Gasteiger partial charge on any atom is 0.273 e. The van der Waals surface area contributed by atoms with E-state index in [0.29, 0.717) is 17.5 Å². The van der Waals surface area contributed by atoms with Crippen LogP contribution in [0.25, 0.3) is 0 Å². The van der Waals surface area contributed by atoms with E-state index in [9.17, 15) is 4.79 Å². The lowest BCUT2D eigenvalue weighted by Gasteiger charge is -2.14. The molecule has 2 fully saturated rings. The van der Waals surface area contributed by atoms with Crippen LogP contribution >= 0.6 is 11.3 Å². The second kappa shape index (κ2) is 5.79. The SMILES string of the molecule is O=C(c1cscn1)N1CCC(CCc2noc(C3CC3)n2)C1. The largest absolute Gasteiger partial charge is 0.339 e. The predicted octanol–water partition coefficient (Wildman–Crippen LogP) is 2.50. The van der Waals surface area contributed by atoms with E-state index >= 15 is 0 Å². The van der Waals surface area contributed by atoms with Gasteiger partial charge in [-0.2, -0.15) is 4.98 Å². The van der Waals surface area contributed by atoms with Crippen molar-refractivity contribution in [2.75, 3.05) is 13.1 Å². The number of carbonyl (C=O) groups is 1. The molecule has 116 valence electrons. The molecule has 0 N–H and O–H groups in total. The Morgan fingerprint density at radius 3 is 3.09 bits per heavy atom. The number of likely N-dealkylation sites (tertiary alicyclic amines) is 1. The number of amides is 1. The summed E-state index contributed by atoms with van der Waals surface area (Å²) in [7, 11) is 0. The number of rotatable bonds is 5. The summed E-state index contributed by atoms with van der Waals surface area (Å²) in [5, 5.41) is 5.87. The summed E-state index contributed by atoms with van der Waals surface area (Å²) in [6, 6.07) is 0. The van der Waals surface area contributed by atoms with Gasteiger partial charge in [0.2, 0.25) is 5.89 Å². The summed E-state index contributed by atoms with van der Waals surface area (Å²) in [6.45, 7) is 1.63. The molecule has 2 aromatic rings. The van der Waals surface area contributed by atoms with E-state index in [-0.39, 0.29) is 5.91 Å². The third kappa shape index (κ3) is 2.90. The molecule has 1 saturated carbocycles. The van der Waals surface area contributed by atoms with E-state index in [1.807, 2.05) is 10.3 Å². The fourth-order valence-electron chi connectivity index (χ4n) is 2.93. The molecule has 1 saturated heterocycles. The zero-order chi connectivity index (χ0) is 14.9. The first-order chi connectivity index (χ1) is 10.8. The molecule has 2 aromatic heterocycles. The Morgan fingerprint density at radius 1 is 1.41 bits per heavy atom. The summed E-state index contributed by atoms with van der Waals surface area (Å²) in [5.41, 5.74) is 2.27. The lowest BCUT2D eigenvalue weighted by Crippen LogP contribution is -2.28. The van der Waals surface area contributed by atoms with E-state index in [1.165, 1.54) is 24.2 Å². The third-order valence-electron chi connectivity index (χ3n) is 4.41. The average Bonchev–Trinajstić information content (AvgIpc) is 3.02. The molecule has 1 aliphatic heterocycles. The van der Waals surface area contributed by atoms with Gasteiger partial charge in [0.15, 0.2) is 5.82 Å². The molecule has 1 aliphatic carbocycles. The Hall–Kier alpha value is -1.76. The Labute approximate surface area is 132 Å². The minimum Gasteiger partial charge on any atom is -0.339 e. The summed E-state index contributed by atoms with van der Waals surface area (Å²) in [5.74, 6) is 2.71. The number of aryl methyl sites for hydroxylation is 1. The molecule has 7 heteroatoms. The van der Waals surface area contributed by atoms with Crippen molar-refractivity contribution in [1.29, 1.82) is 0 Å². The van der Waals surface area contributed by atoms with Crippen molar-refractivity contribution in [3.63, 3.8) is 0 Å². The third-order valence-corrected chi connectivity index (χ3v) is 5.00. The van der Waals surface area contributed by atoms with Gasteiger partial charge in [0, 0.05) is 30.8 Å². The number of thiazole rings is 1. The molecule has 0 spiro atoms. The van der Waals surface area contributed by atoms with Crippen LogP contribution in [0.3, 0.4) is 0 Å². The molecule has 3 heterocycles. The van der Waals surface area contributed by atoms with Crippen LogP contribution in [0, 0.1) is 5.92 Å². The Kier molecular flexibility index (Phi) is 3.65. The highest BCUT2D eigenvalue weighted by molar-refractivity contribution is 7.07. The predicted molar refractivity (Wildman–Crippen MR) is 80.7 cm³/mol. The average molecular weight is 318 g/mol. The highest BCUT2D eigenvalue weighted by Gasteiger charge is 2.30. The lowest BCUT2D eigenvalue weighted by atomic mass is 10.0. The normalized spacial score (nSPS) is 21.5. The summed E-state index contributed by atoms with van der Waals surface area (Å²) >= 11 is 1.46. The van der Waals surface area contributed by atoms with Gasteiger partial charge >= 0.3 is 0 Å². The number of nitrogens with zero attached hydrogens (tertiary/aromatic N) is 4. The molecule has 1 unspecified atom stereocenters. The quantitative estimate of drug-likeness (QED) is 0.847. The van der Waals surface area contributed by atoms with E-state index in [2.05, 4.69) is 15.1 Å². The van der Waals surface area contributed by atoms with Gasteiger partial charge in [-0.3, -0.25) is 4.79 Å². The molecule has 0 bridgehead atoms. The van der Waals surface area contributed by atoms with Crippen molar-refractivity contribution < 1.29 is 9.32 Å². The van der Waals surface area contributed by atoms with Gasteiger partial charge in [-0.1, -0.05) is 5.16 Å². The molecule has 2 aliphatic rings. The lowest BCUT2D eigenvalue weighted by molar-refractivity contribution is 0.0781. The van der Waals surface area contributed by atoms with Crippen molar-refractivity contribution in [2.24, 2.45) is 5.92 Å². The molecule has 4 rings (SSSR count). The standard InChI is InChI=1S/C15H18N4O2S/c20-15(12-8-22-9-16-12)19-6-5-10(7-19)1-4-13-17-14(21-18-13)11-2-3-11/h8-11H,1-7H2. The van der Waals surface area contributed by atoms with Gasteiger partial charge in [0.05, 0.1) is 5.51 Å². The molecule has 22 heavy (non-hydrogen) atoms. The van der Waals surface area contributed by atoms with Crippen LogP contribution in [0.2, 0.25) is 0 Å². The van der Waals surface area contributed by atoms with Gasteiger partial charge in [-0.25, -0.2) is 4.98 Å². The van der Waals surface area contributed by atoms with Crippen LogP contribution in [-0.4, -0.2) is 39.0 Å². The topological polar surface area (TPSA) is 72.1 Å². The maximum atomic E-state index is 12.2. The summed E-state index contributed by atoms with van der Waals surface area (Å²) < 4.78 is 5.28. The minimum absolute atomic E-state index is 0.0549. The van der Waals surface area contributed by atoms with Crippen molar-refractivity contribution in [3.8, 4) is 0 Å². The van der Waals surface area contributed by atoms with Crippen molar-refractivity contribution in [3.05, 3.63) is 28.3 Å². The van der Waals surface area contributed by atoms with E-state index in [4.69, 9.17) is 4.52 Å².